The number of thiazole rings is 1. The van der Waals surface area contributed by atoms with Gasteiger partial charge in [-0.05, 0) is 24.5 Å². The smallest absolute Gasteiger partial charge is 0.246 e. The Labute approximate surface area is 140 Å². The number of rotatable bonds is 5. The van der Waals surface area contributed by atoms with Crippen LogP contribution in [-0.4, -0.2) is 39.0 Å². The molecule has 23 heavy (non-hydrogen) atoms. The number of thioether (sulfide) groups is 1. The highest BCUT2D eigenvalue weighted by Gasteiger charge is 2.14. The first-order valence-corrected chi connectivity index (χ1v) is 8.62. The van der Waals surface area contributed by atoms with Crippen LogP contribution in [0, 0.1) is 0 Å². The molecule has 1 amide bonds. The van der Waals surface area contributed by atoms with E-state index in [4.69, 9.17) is 10.5 Å². The predicted octanol–water partition coefficient (Wildman–Crippen LogP) is 1.84. The number of anilines is 2. The van der Waals surface area contributed by atoms with E-state index in [1.165, 1.54) is 23.1 Å². The highest BCUT2D eigenvalue weighted by atomic mass is 32.2. The number of nitrogen functional groups attached to an aromatic ring is 1. The average molecular weight is 350 g/mol. The largest absolute Gasteiger partial charge is 0.497 e. The van der Waals surface area contributed by atoms with E-state index in [1.54, 1.807) is 11.7 Å². The summed E-state index contributed by atoms with van der Waals surface area (Å²) in [5, 5.41) is 11.5. The number of carbonyl (C=O) groups excluding carboxylic acids is 1. The van der Waals surface area contributed by atoms with Crippen LogP contribution in [-0.2, 0) is 11.3 Å². The Morgan fingerprint density at radius 2 is 2.30 bits per heavy atom. The van der Waals surface area contributed by atoms with Crippen molar-refractivity contribution >= 4 is 50.3 Å². The summed E-state index contributed by atoms with van der Waals surface area (Å²) >= 11 is 2.76. The second-order valence-electron chi connectivity index (χ2n) is 4.53. The Morgan fingerprint density at radius 3 is 3.04 bits per heavy atom. The Balaban J connectivity index is 1.76. The molecule has 0 radical (unpaired) electrons. The molecule has 120 valence electrons. The molecule has 3 rings (SSSR count). The molecule has 0 aliphatic rings. The van der Waals surface area contributed by atoms with Crippen LogP contribution in [0.5, 0.6) is 5.75 Å². The molecule has 0 unspecified atom stereocenters. The zero-order chi connectivity index (χ0) is 16.4. The topological polar surface area (TPSA) is 108 Å². The van der Waals surface area contributed by atoms with Gasteiger partial charge in [-0.2, -0.15) is 0 Å². The first-order chi connectivity index (χ1) is 11.1. The van der Waals surface area contributed by atoms with Crippen LogP contribution in [0.3, 0.4) is 0 Å². The molecule has 0 aliphatic carbocycles. The Morgan fingerprint density at radius 1 is 1.48 bits per heavy atom. The minimum absolute atomic E-state index is 0.0360. The van der Waals surface area contributed by atoms with Crippen molar-refractivity contribution in [3.05, 3.63) is 18.2 Å². The standard InChI is InChI=1S/C13H14N6O2S2/c1-21-7-3-4-8-9(5-7)23-12(15-8)16-10(20)6-19-11(14)17-18-13(19)22-2/h3-5H,6H2,1-2H3,(H2,14,17)(H,15,16,20). The first-order valence-electron chi connectivity index (χ1n) is 6.58. The number of nitrogens with one attached hydrogen (secondary N) is 1. The van der Waals surface area contributed by atoms with E-state index in [0.717, 1.165) is 16.0 Å². The molecule has 2 heterocycles. The number of hydrogen-bond donors (Lipinski definition) is 2. The van der Waals surface area contributed by atoms with Gasteiger partial charge in [-0.25, -0.2) is 4.98 Å². The Hall–Kier alpha value is -2.33. The number of fused-ring (bicyclic) bond motifs is 1. The number of ether oxygens (including phenoxy) is 1. The summed E-state index contributed by atoms with van der Waals surface area (Å²) in [5.74, 6) is 0.720. The van der Waals surface area contributed by atoms with Crippen LogP contribution in [0.15, 0.2) is 23.4 Å². The van der Waals surface area contributed by atoms with Gasteiger partial charge in [0, 0.05) is 0 Å². The van der Waals surface area contributed by atoms with Crippen molar-refractivity contribution in [3.8, 4) is 5.75 Å². The van der Waals surface area contributed by atoms with Crippen LogP contribution in [0.25, 0.3) is 10.2 Å². The summed E-state index contributed by atoms with van der Waals surface area (Å²) in [5.41, 5.74) is 6.53. The molecule has 0 bridgehead atoms. The van der Waals surface area contributed by atoms with Gasteiger partial charge in [0.05, 0.1) is 17.3 Å². The number of methoxy groups -OCH3 is 1. The fourth-order valence-corrected chi connectivity index (χ4v) is 3.40. The van der Waals surface area contributed by atoms with Crippen LogP contribution in [0.1, 0.15) is 0 Å². The van der Waals surface area contributed by atoms with Crippen LogP contribution in [0.2, 0.25) is 0 Å². The number of benzene rings is 1. The third-order valence-electron chi connectivity index (χ3n) is 3.07. The molecule has 0 saturated carbocycles. The van der Waals surface area contributed by atoms with E-state index in [2.05, 4.69) is 20.5 Å². The lowest BCUT2D eigenvalue weighted by Crippen LogP contribution is -2.20. The van der Waals surface area contributed by atoms with E-state index in [9.17, 15) is 4.79 Å². The van der Waals surface area contributed by atoms with E-state index in [0.29, 0.717) is 10.3 Å². The van der Waals surface area contributed by atoms with Crippen LogP contribution in [0.4, 0.5) is 11.1 Å². The Bertz CT molecular complexity index is 859. The van der Waals surface area contributed by atoms with E-state index < -0.39 is 0 Å². The molecule has 0 saturated heterocycles. The second kappa shape index (κ2) is 6.42. The third kappa shape index (κ3) is 3.22. The van der Waals surface area contributed by atoms with Gasteiger partial charge in [0.2, 0.25) is 11.9 Å². The average Bonchev–Trinajstić information content (AvgIpc) is 3.09. The molecular formula is C13H14N6O2S2. The van der Waals surface area contributed by atoms with Gasteiger partial charge in [0.1, 0.15) is 12.3 Å². The monoisotopic (exact) mass is 350 g/mol. The maximum atomic E-state index is 12.2. The Kier molecular flexibility index (Phi) is 4.35. The molecule has 0 fully saturated rings. The van der Waals surface area contributed by atoms with Crippen LogP contribution < -0.4 is 15.8 Å². The molecule has 0 atom stereocenters. The zero-order valence-corrected chi connectivity index (χ0v) is 14.1. The summed E-state index contributed by atoms with van der Waals surface area (Å²) in [7, 11) is 1.61. The van der Waals surface area contributed by atoms with Crippen molar-refractivity contribution in [2.24, 2.45) is 0 Å². The lowest BCUT2D eigenvalue weighted by atomic mass is 10.3. The first kappa shape index (κ1) is 15.6. The summed E-state index contributed by atoms with van der Waals surface area (Å²) < 4.78 is 7.67. The lowest BCUT2D eigenvalue weighted by Gasteiger charge is -2.05. The van der Waals surface area contributed by atoms with E-state index in [-0.39, 0.29) is 18.4 Å². The maximum Gasteiger partial charge on any atom is 0.246 e. The van der Waals surface area contributed by atoms with Gasteiger partial charge < -0.3 is 15.8 Å². The lowest BCUT2D eigenvalue weighted by molar-refractivity contribution is -0.116. The number of amides is 1. The highest BCUT2D eigenvalue weighted by molar-refractivity contribution is 7.98. The van der Waals surface area contributed by atoms with Crippen molar-refractivity contribution < 1.29 is 9.53 Å². The van der Waals surface area contributed by atoms with Gasteiger partial charge in [0.15, 0.2) is 10.3 Å². The van der Waals surface area contributed by atoms with Crippen molar-refractivity contribution in [1.82, 2.24) is 19.7 Å². The third-order valence-corrected chi connectivity index (χ3v) is 4.67. The van der Waals surface area contributed by atoms with Gasteiger partial charge in [-0.1, -0.05) is 23.1 Å². The molecule has 3 aromatic rings. The molecule has 1 aromatic carbocycles. The minimum atomic E-state index is -0.238. The minimum Gasteiger partial charge on any atom is -0.497 e. The summed E-state index contributed by atoms with van der Waals surface area (Å²) in [6.45, 7) is 0.0360. The molecule has 2 aromatic heterocycles. The van der Waals surface area contributed by atoms with Crippen molar-refractivity contribution in [2.75, 3.05) is 24.4 Å². The van der Waals surface area contributed by atoms with Gasteiger partial charge in [-0.15, -0.1) is 10.2 Å². The molecule has 3 N–H and O–H groups in total. The second-order valence-corrected chi connectivity index (χ2v) is 6.34. The predicted molar refractivity (Wildman–Crippen MR) is 91.0 cm³/mol. The van der Waals surface area contributed by atoms with Crippen molar-refractivity contribution in [3.63, 3.8) is 0 Å². The molecule has 10 heteroatoms. The van der Waals surface area contributed by atoms with Crippen molar-refractivity contribution in [1.29, 1.82) is 0 Å². The van der Waals surface area contributed by atoms with Gasteiger partial charge in [-0.3, -0.25) is 9.36 Å². The van der Waals surface area contributed by atoms with Crippen LogP contribution >= 0.6 is 23.1 Å². The normalized spacial score (nSPS) is 10.9. The molecule has 0 spiro atoms. The SMILES string of the molecule is COc1ccc2nc(NC(=O)Cn3c(N)nnc3SC)sc2c1. The zero-order valence-electron chi connectivity index (χ0n) is 12.4. The van der Waals surface area contributed by atoms with Crippen molar-refractivity contribution in [2.45, 2.75) is 11.7 Å². The summed E-state index contributed by atoms with van der Waals surface area (Å²) in [6, 6.07) is 5.56. The van der Waals surface area contributed by atoms with Gasteiger partial charge >= 0.3 is 0 Å². The molecular weight excluding hydrogens is 336 g/mol. The maximum absolute atomic E-state index is 12.2. The number of aromatic nitrogens is 4. The summed E-state index contributed by atoms with van der Waals surface area (Å²) in [4.78, 5) is 16.6. The summed E-state index contributed by atoms with van der Waals surface area (Å²) in [6.07, 6.45) is 1.85. The fraction of sp³-hybridized carbons (Fsp3) is 0.231. The number of nitrogens with zero attached hydrogens (tertiary/aromatic N) is 4. The molecule has 0 aliphatic heterocycles. The van der Waals surface area contributed by atoms with Gasteiger partial charge in [0.25, 0.3) is 0 Å². The quantitative estimate of drug-likeness (QED) is 0.676. The fourth-order valence-electron chi connectivity index (χ4n) is 1.99. The number of carbonyl (C=O) groups is 1. The molecule has 8 nitrogen and oxygen atoms in total. The number of hydrogen-bond acceptors (Lipinski definition) is 8. The van der Waals surface area contributed by atoms with E-state index in [1.807, 2.05) is 24.5 Å². The number of nitrogens with two attached hydrogens (primary N) is 1. The highest BCUT2D eigenvalue weighted by Crippen LogP contribution is 2.29. The van der Waals surface area contributed by atoms with E-state index >= 15 is 0 Å².